The van der Waals surface area contributed by atoms with Gasteiger partial charge in [-0.05, 0) is 24.6 Å². The number of rotatable bonds is 2. The number of alkyl halides is 3. The van der Waals surface area contributed by atoms with Crippen LogP contribution in [-0.4, -0.2) is 53.3 Å². The first-order chi connectivity index (χ1) is 12.1. The van der Waals surface area contributed by atoms with Crippen LogP contribution in [-0.2, 0) is 29.1 Å². The van der Waals surface area contributed by atoms with Gasteiger partial charge in [0, 0.05) is 37.2 Å². The number of nitrogens with zero attached hydrogens (tertiary/aromatic N) is 2. The fourth-order valence-corrected chi connectivity index (χ4v) is 2.79. The summed E-state index contributed by atoms with van der Waals surface area (Å²) in [5, 5.41) is 11.8. The molecule has 0 fully saturated rings. The van der Waals surface area contributed by atoms with Crippen molar-refractivity contribution in [2.24, 2.45) is 0 Å². The van der Waals surface area contributed by atoms with E-state index in [4.69, 9.17) is 9.90 Å². The molecule has 1 amide bonds. The Labute approximate surface area is 148 Å². The number of amides is 1. The highest BCUT2D eigenvalue weighted by molar-refractivity contribution is 5.87. The maximum absolute atomic E-state index is 12.0. The number of likely N-dealkylation sites (N-methyl/N-ethyl adjacent to an activating group) is 1. The molecule has 3 rings (SSSR count). The Kier molecular flexibility index (Phi) is 5.91. The molecule has 1 aromatic carbocycles. The highest BCUT2D eigenvalue weighted by Crippen LogP contribution is 2.28. The van der Waals surface area contributed by atoms with Crippen molar-refractivity contribution in [3.63, 3.8) is 0 Å². The highest BCUT2D eigenvalue weighted by atomic mass is 19.4. The standard InChI is InChI=1S/C15H19N3O.C2HF3O2/c1-17(2)15(19)10-18-13-6-4-3-5-11(13)12-7-8-16-9-14(12)18;3-2(4,5)1(6)7/h3-6,16H,7-10H2,1-2H3;(H,6,7). The molecule has 0 saturated heterocycles. The monoisotopic (exact) mass is 371 g/mol. The molecule has 1 aliphatic heterocycles. The van der Waals surface area contributed by atoms with Crippen molar-refractivity contribution in [3.05, 3.63) is 35.5 Å². The third-order valence-electron chi connectivity index (χ3n) is 4.07. The Morgan fingerprint density at radius 1 is 1.27 bits per heavy atom. The quantitative estimate of drug-likeness (QED) is 0.847. The van der Waals surface area contributed by atoms with Gasteiger partial charge < -0.3 is 19.9 Å². The van der Waals surface area contributed by atoms with Crippen LogP contribution in [0.15, 0.2) is 24.3 Å². The Morgan fingerprint density at radius 2 is 1.88 bits per heavy atom. The molecule has 26 heavy (non-hydrogen) atoms. The van der Waals surface area contributed by atoms with Crippen LogP contribution in [0.4, 0.5) is 13.2 Å². The lowest BCUT2D eigenvalue weighted by Crippen LogP contribution is -2.30. The summed E-state index contributed by atoms with van der Waals surface area (Å²) in [4.78, 5) is 22.6. The first-order valence-electron chi connectivity index (χ1n) is 7.93. The van der Waals surface area contributed by atoms with Crippen LogP contribution >= 0.6 is 0 Å². The van der Waals surface area contributed by atoms with E-state index in [0.29, 0.717) is 6.54 Å². The van der Waals surface area contributed by atoms with E-state index >= 15 is 0 Å². The first-order valence-corrected chi connectivity index (χ1v) is 7.93. The van der Waals surface area contributed by atoms with Gasteiger partial charge in [-0.3, -0.25) is 4.79 Å². The van der Waals surface area contributed by atoms with Crippen LogP contribution in [0.1, 0.15) is 11.3 Å². The average Bonchev–Trinajstić information content (AvgIpc) is 2.89. The number of para-hydroxylation sites is 1. The molecule has 0 unspecified atom stereocenters. The lowest BCUT2D eigenvalue weighted by Gasteiger charge is -2.18. The molecular formula is C17H20F3N3O3. The summed E-state index contributed by atoms with van der Waals surface area (Å²) in [6, 6.07) is 8.38. The van der Waals surface area contributed by atoms with Crippen molar-refractivity contribution in [1.29, 1.82) is 0 Å². The number of benzene rings is 1. The average molecular weight is 371 g/mol. The summed E-state index contributed by atoms with van der Waals surface area (Å²) >= 11 is 0. The Bertz CT molecular complexity index is 813. The largest absolute Gasteiger partial charge is 0.490 e. The van der Waals surface area contributed by atoms with Crippen molar-refractivity contribution >= 4 is 22.8 Å². The van der Waals surface area contributed by atoms with Crippen molar-refractivity contribution < 1.29 is 27.9 Å². The molecular weight excluding hydrogens is 351 g/mol. The van der Waals surface area contributed by atoms with Crippen LogP contribution in [0, 0.1) is 0 Å². The number of carboxylic acid groups (broad SMARTS) is 1. The third kappa shape index (κ3) is 4.34. The maximum Gasteiger partial charge on any atom is 0.490 e. The van der Waals surface area contributed by atoms with Crippen molar-refractivity contribution in [3.8, 4) is 0 Å². The number of carbonyl (C=O) groups excluding carboxylic acids is 1. The van der Waals surface area contributed by atoms with Crippen molar-refractivity contribution in [1.82, 2.24) is 14.8 Å². The minimum absolute atomic E-state index is 0.133. The molecule has 0 atom stereocenters. The maximum atomic E-state index is 12.0. The highest BCUT2D eigenvalue weighted by Gasteiger charge is 2.38. The number of hydrogen-bond donors (Lipinski definition) is 2. The van der Waals surface area contributed by atoms with Gasteiger partial charge in [0.05, 0.1) is 0 Å². The summed E-state index contributed by atoms with van der Waals surface area (Å²) < 4.78 is 33.9. The van der Waals surface area contributed by atoms with Crippen LogP contribution in [0.25, 0.3) is 10.9 Å². The number of carboxylic acids is 1. The summed E-state index contributed by atoms with van der Waals surface area (Å²) in [5.74, 6) is -2.62. The molecule has 2 N–H and O–H groups in total. The first kappa shape index (κ1) is 19.8. The van der Waals surface area contributed by atoms with Gasteiger partial charge in [0.15, 0.2) is 0 Å². The molecule has 0 radical (unpaired) electrons. The molecule has 1 aromatic heterocycles. The van der Waals surface area contributed by atoms with E-state index in [-0.39, 0.29) is 5.91 Å². The normalized spacial score (nSPS) is 13.6. The van der Waals surface area contributed by atoms with Gasteiger partial charge >= 0.3 is 12.1 Å². The van der Waals surface area contributed by atoms with Gasteiger partial charge in [0.1, 0.15) is 6.54 Å². The van der Waals surface area contributed by atoms with Crippen LogP contribution in [0.2, 0.25) is 0 Å². The number of fused-ring (bicyclic) bond motifs is 3. The molecule has 0 aliphatic carbocycles. The summed E-state index contributed by atoms with van der Waals surface area (Å²) in [5.41, 5.74) is 3.84. The SMILES string of the molecule is CN(C)C(=O)Cn1c2c(c3ccccc31)CCNC2.O=C(O)C(F)(F)F. The van der Waals surface area contributed by atoms with E-state index in [2.05, 4.69) is 28.1 Å². The Hall–Kier alpha value is -2.55. The fraction of sp³-hybridized carbons (Fsp3) is 0.412. The van der Waals surface area contributed by atoms with Gasteiger partial charge in [-0.2, -0.15) is 13.2 Å². The summed E-state index contributed by atoms with van der Waals surface area (Å²) in [7, 11) is 3.61. The second-order valence-electron chi connectivity index (χ2n) is 6.05. The van der Waals surface area contributed by atoms with E-state index in [1.807, 2.05) is 6.07 Å². The Morgan fingerprint density at radius 3 is 2.46 bits per heavy atom. The number of nitrogens with one attached hydrogen (secondary N) is 1. The van der Waals surface area contributed by atoms with E-state index in [1.165, 1.54) is 22.2 Å². The van der Waals surface area contributed by atoms with Gasteiger partial charge in [-0.1, -0.05) is 18.2 Å². The third-order valence-corrected chi connectivity index (χ3v) is 4.07. The molecule has 1 aliphatic rings. The molecule has 6 nitrogen and oxygen atoms in total. The van der Waals surface area contributed by atoms with Gasteiger partial charge in [-0.15, -0.1) is 0 Å². The van der Waals surface area contributed by atoms with Crippen LogP contribution in [0.3, 0.4) is 0 Å². The smallest absolute Gasteiger partial charge is 0.475 e. The predicted molar refractivity (Wildman–Crippen MR) is 89.7 cm³/mol. The zero-order valence-corrected chi connectivity index (χ0v) is 14.4. The second kappa shape index (κ2) is 7.77. The van der Waals surface area contributed by atoms with Gasteiger partial charge in [-0.25, -0.2) is 4.79 Å². The van der Waals surface area contributed by atoms with Crippen LogP contribution in [0.5, 0.6) is 0 Å². The minimum Gasteiger partial charge on any atom is -0.475 e. The topological polar surface area (TPSA) is 74.6 Å². The van der Waals surface area contributed by atoms with Crippen molar-refractivity contribution in [2.45, 2.75) is 25.7 Å². The lowest BCUT2D eigenvalue weighted by molar-refractivity contribution is -0.192. The predicted octanol–water partition coefficient (Wildman–Crippen LogP) is 2.01. The van der Waals surface area contributed by atoms with E-state index < -0.39 is 12.1 Å². The molecule has 9 heteroatoms. The van der Waals surface area contributed by atoms with Crippen molar-refractivity contribution in [2.75, 3.05) is 20.6 Å². The number of aromatic nitrogens is 1. The molecule has 2 heterocycles. The van der Waals surface area contributed by atoms with Gasteiger partial charge in [0.2, 0.25) is 5.91 Å². The number of carbonyl (C=O) groups is 2. The lowest BCUT2D eigenvalue weighted by atomic mass is 10.1. The van der Waals surface area contributed by atoms with E-state index in [1.54, 1.807) is 19.0 Å². The molecule has 0 bridgehead atoms. The zero-order valence-electron chi connectivity index (χ0n) is 14.4. The van der Waals surface area contributed by atoms with E-state index in [9.17, 15) is 18.0 Å². The number of halogens is 3. The molecule has 0 spiro atoms. The fourth-order valence-electron chi connectivity index (χ4n) is 2.79. The molecule has 142 valence electrons. The van der Waals surface area contributed by atoms with Gasteiger partial charge in [0.25, 0.3) is 0 Å². The number of hydrogen-bond acceptors (Lipinski definition) is 3. The van der Waals surface area contributed by atoms with Crippen LogP contribution < -0.4 is 5.32 Å². The molecule has 2 aromatic rings. The number of aliphatic carboxylic acids is 1. The zero-order chi connectivity index (χ0) is 19.5. The second-order valence-corrected chi connectivity index (χ2v) is 6.05. The molecule has 0 saturated carbocycles. The Balaban J connectivity index is 0.000000298. The summed E-state index contributed by atoms with van der Waals surface area (Å²) in [6.45, 7) is 2.29. The minimum atomic E-state index is -5.08. The summed E-state index contributed by atoms with van der Waals surface area (Å²) in [6.07, 6.45) is -4.04. The van der Waals surface area contributed by atoms with E-state index in [0.717, 1.165) is 19.5 Å².